The van der Waals surface area contributed by atoms with Crippen molar-refractivity contribution in [2.75, 3.05) is 0 Å². The highest BCUT2D eigenvalue weighted by atomic mass is 79.9. The minimum atomic E-state index is 1.02. The minimum Gasteiger partial charge on any atom is -0.255 e. The van der Waals surface area contributed by atoms with Gasteiger partial charge in [0.15, 0.2) is 0 Å². The zero-order chi connectivity index (χ0) is 7.11. The molecule has 0 N–H and O–H groups in total. The first-order chi connectivity index (χ1) is 4.39. The van der Waals surface area contributed by atoms with Gasteiger partial charge in [0, 0.05) is 17.2 Å². The van der Waals surface area contributed by atoms with E-state index in [9.17, 15) is 0 Å². The standard InChI is InChI=1S/C5H3BrN.CHN/c6-5-1-3-7-4-2-5;1-2/h1-3H;1H. The molecule has 0 aromatic carbocycles. The van der Waals surface area contributed by atoms with Crippen LogP contribution in [0.15, 0.2) is 22.8 Å². The Bertz CT molecular complexity index is 171. The second-order valence-corrected chi connectivity index (χ2v) is 2.02. The average Bonchev–Trinajstić information content (AvgIpc) is 1.94. The van der Waals surface area contributed by atoms with Crippen LogP contribution in [0.5, 0.6) is 0 Å². The van der Waals surface area contributed by atoms with Crippen LogP contribution in [0.2, 0.25) is 0 Å². The summed E-state index contributed by atoms with van der Waals surface area (Å²) in [6.07, 6.45) is 4.35. The highest BCUT2D eigenvalue weighted by Crippen LogP contribution is 2.03. The minimum absolute atomic E-state index is 1.02. The third-order valence-electron chi connectivity index (χ3n) is 0.585. The average molecular weight is 184 g/mol. The Kier molecular flexibility index (Phi) is 4.75. The van der Waals surface area contributed by atoms with Crippen molar-refractivity contribution in [3.05, 3.63) is 29.0 Å². The molecular weight excluding hydrogens is 180 g/mol. The maximum atomic E-state index is 6.50. The molecule has 0 aliphatic heterocycles. The molecular formula is C6H4BrN2. The van der Waals surface area contributed by atoms with Crippen LogP contribution in [-0.2, 0) is 0 Å². The maximum absolute atomic E-state index is 6.50. The van der Waals surface area contributed by atoms with Crippen LogP contribution in [0.25, 0.3) is 0 Å². The van der Waals surface area contributed by atoms with E-state index in [1.165, 1.54) is 0 Å². The second-order valence-electron chi connectivity index (χ2n) is 1.10. The van der Waals surface area contributed by atoms with Gasteiger partial charge in [0.05, 0.1) is 6.20 Å². The molecule has 0 spiro atoms. The third kappa shape index (κ3) is 3.68. The van der Waals surface area contributed by atoms with E-state index < -0.39 is 0 Å². The molecule has 1 radical (unpaired) electrons. The first-order valence-electron chi connectivity index (χ1n) is 2.13. The smallest absolute Gasteiger partial charge is 0.0897 e. The van der Waals surface area contributed by atoms with Crippen molar-refractivity contribution >= 4 is 15.9 Å². The Morgan fingerprint density at radius 2 is 2.33 bits per heavy atom. The van der Waals surface area contributed by atoms with Crippen LogP contribution >= 0.6 is 15.9 Å². The number of pyridine rings is 1. The molecule has 0 amide bonds. The normalized spacial score (nSPS) is 7.00. The predicted octanol–water partition coefficient (Wildman–Crippen LogP) is 1.78. The summed E-state index contributed by atoms with van der Waals surface area (Å²) in [6.45, 7) is 3.50. The van der Waals surface area contributed by atoms with E-state index in [1.807, 2.05) is 6.07 Å². The lowest BCUT2D eigenvalue weighted by Gasteiger charge is -1.79. The second kappa shape index (κ2) is 5.26. The summed E-state index contributed by atoms with van der Waals surface area (Å²) in [5.74, 6) is 0. The Morgan fingerprint density at radius 3 is 2.56 bits per heavy atom. The first-order valence-corrected chi connectivity index (χ1v) is 2.92. The van der Waals surface area contributed by atoms with Gasteiger partial charge in [0.1, 0.15) is 0 Å². The lowest BCUT2D eigenvalue weighted by atomic mass is 10.5. The molecule has 0 unspecified atom stereocenters. The van der Waals surface area contributed by atoms with Crippen LogP contribution in [0.1, 0.15) is 0 Å². The van der Waals surface area contributed by atoms with Crippen molar-refractivity contribution in [1.29, 1.82) is 5.26 Å². The quantitative estimate of drug-likeness (QED) is 0.616. The monoisotopic (exact) mass is 183 g/mol. The molecule has 0 atom stereocenters. The molecule has 0 saturated heterocycles. The van der Waals surface area contributed by atoms with E-state index >= 15 is 0 Å². The Balaban J connectivity index is 0.000000291. The van der Waals surface area contributed by atoms with Crippen molar-refractivity contribution < 1.29 is 0 Å². The number of rotatable bonds is 0. The lowest BCUT2D eigenvalue weighted by Crippen LogP contribution is -1.65. The van der Waals surface area contributed by atoms with Gasteiger partial charge in [-0.2, -0.15) is 0 Å². The summed E-state index contributed by atoms with van der Waals surface area (Å²) in [5.41, 5.74) is 0. The Morgan fingerprint density at radius 1 is 1.67 bits per heavy atom. The van der Waals surface area contributed by atoms with Gasteiger partial charge in [0.2, 0.25) is 0 Å². The summed E-state index contributed by atoms with van der Waals surface area (Å²) in [4.78, 5) is 3.69. The van der Waals surface area contributed by atoms with Crippen LogP contribution in [0.4, 0.5) is 0 Å². The van der Waals surface area contributed by atoms with Crippen molar-refractivity contribution in [3.63, 3.8) is 0 Å². The summed E-state index contributed by atoms with van der Waals surface area (Å²) in [6, 6.07) is 3.62. The van der Waals surface area contributed by atoms with Crippen LogP contribution in [-0.4, -0.2) is 4.98 Å². The van der Waals surface area contributed by atoms with Crippen LogP contribution in [0, 0.1) is 18.0 Å². The van der Waals surface area contributed by atoms with Gasteiger partial charge < -0.3 is 0 Å². The molecule has 45 valence electrons. The number of nitriles is 1. The molecule has 1 aromatic rings. The van der Waals surface area contributed by atoms with Crippen molar-refractivity contribution in [3.8, 4) is 6.57 Å². The van der Waals surface area contributed by atoms with E-state index in [4.69, 9.17) is 5.26 Å². The van der Waals surface area contributed by atoms with Crippen molar-refractivity contribution in [1.82, 2.24) is 4.98 Å². The van der Waals surface area contributed by atoms with Gasteiger partial charge in [-0.3, -0.25) is 4.98 Å². The van der Waals surface area contributed by atoms with E-state index in [0.717, 1.165) is 4.47 Å². The van der Waals surface area contributed by atoms with Gasteiger partial charge in [-0.05, 0) is 12.1 Å². The van der Waals surface area contributed by atoms with Gasteiger partial charge in [-0.1, -0.05) is 15.9 Å². The first kappa shape index (κ1) is 8.12. The Hall–Kier alpha value is -0.880. The molecule has 0 fully saturated rings. The largest absolute Gasteiger partial charge is 0.255 e. The van der Waals surface area contributed by atoms with Crippen molar-refractivity contribution in [2.24, 2.45) is 0 Å². The summed E-state index contributed by atoms with van der Waals surface area (Å²) in [5, 5.41) is 6.50. The van der Waals surface area contributed by atoms with Gasteiger partial charge in [0.25, 0.3) is 0 Å². The zero-order valence-electron chi connectivity index (χ0n) is 4.58. The summed E-state index contributed by atoms with van der Waals surface area (Å²) < 4.78 is 1.02. The third-order valence-corrected chi connectivity index (χ3v) is 1.08. The summed E-state index contributed by atoms with van der Waals surface area (Å²) in [7, 11) is 0. The SMILES string of the molecule is Brc1c[c]ncc1.C#N. The highest BCUT2D eigenvalue weighted by Gasteiger charge is 1.76. The van der Waals surface area contributed by atoms with E-state index in [2.05, 4.69) is 33.7 Å². The van der Waals surface area contributed by atoms with Crippen LogP contribution in [0.3, 0.4) is 0 Å². The summed E-state index contributed by atoms with van der Waals surface area (Å²) >= 11 is 3.24. The molecule has 9 heavy (non-hydrogen) atoms. The predicted molar refractivity (Wildman–Crippen MR) is 37.4 cm³/mol. The van der Waals surface area contributed by atoms with E-state index in [-0.39, 0.29) is 0 Å². The maximum Gasteiger partial charge on any atom is 0.0897 e. The molecule has 1 heterocycles. The molecule has 0 saturated carbocycles. The molecule has 2 nitrogen and oxygen atoms in total. The van der Waals surface area contributed by atoms with Crippen molar-refractivity contribution in [2.45, 2.75) is 0 Å². The fraction of sp³-hybridized carbons (Fsp3) is 0. The molecule has 3 heteroatoms. The van der Waals surface area contributed by atoms with Gasteiger partial charge in [-0.15, -0.1) is 0 Å². The number of hydrogen-bond acceptors (Lipinski definition) is 2. The fourth-order valence-corrected chi connectivity index (χ4v) is 0.519. The van der Waals surface area contributed by atoms with E-state index in [1.54, 1.807) is 12.3 Å². The molecule has 0 aliphatic carbocycles. The number of aromatic nitrogens is 1. The number of nitrogens with zero attached hydrogens (tertiary/aromatic N) is 2. The lowest BCUT2D eigenvalue weighted by molar-refractivity contribution is 1.30. The molecule has 0 bridgehead atoms. The molecule has 1 rings (SSSR count). The molecule has 1 aromatic heterocycles. The van der Waals surface area contributed by atoms with Crippen LogP contribution < -0.4 is 0 Å². The molecule has 0 aliphatic rings. The zero-order valence-corrected chi connectivity index (χ0v) is 6.17. The topological polar surface area (TPSA) is 36.7 Å². The van der Waals surface area contributed by atoms with E-state index in [0.29, 0.717) is 0 Å². The van der Waals surface area contributed by atoms with Gasteiger partial charge in [-0.25, -0.2) is 5.26 Å². The number of halogens is 1. The van der Waals surface area contributed by atoms with Gasteiger partial charge >= 0.3 is 0 Å². The number of hydrogen-bond donors (Lipinski definition) is 0. The highest BCUT2D eigenvalue weighted by molar-refractivity contribution is 9.10. The Labute approximate surface area is 62.3 Å². The fourth-order valence-electron chi connectivity index (χ4n) is 0.299.